The molecule has 0 aromatic carbocycles. The molecule has 0 saturated carbocycles. The maximum Gasteiger partial charge on any atom is 0.367 e. The van der Waals surface area contributed by atoms with Gasteiger partial charge >= 0.3 is 17.7 Å². The summed E-state index contributed by atoms with van der Waals surface area (Å²) in [6.45, 7) is 1.60. The predicted molar refractivity (Wildman–Crippen MR) is 113 cm³/mol. The monoisotopic (exact) mass is 508 g/mol. The molecule has 2 unspecified atom stereocenters. The summed E-state index contributed by atoms with van der Waals surface area (Å²) in [6.07, 6.45) is -7.89. The van der Waals surface area contributed by atoms with Gasteiger partial charge in [-0.05, 0) is 19.3 Å². The number of alkyl halides is 1. The fourth-order valence-electron chi connectivity index (χ4n) is 4.06. The number of hydrogen-bond acceptors (Lipinski definition) is 10. The van der Waals surface area contributed by atoms with Crippen molar-refractivity contribution in [2.75, 3.05) is 19.7 Å². The molecule has 0 spiro atoms. The Morgan fingerprint density at radius 3 is 2.54 bits per heavy atom. The zero-order chi connectivity index (χ0) is 26.3. The lowest BCUT2D eigenvalue weighted by atomic mass is 9.87. The third-order valence-corrected chi connectivity index (χ3v) is 6.01. The van der Waals surface area contributed by atoms with Crippen LogP contribution in [0.25, 0.3) is 0 Å². The van der Waals surface area contributed by atoms with Crippen LogP contribution in [0, 0.1) is 0 Å². The molecule has 35 heavy (non-hydrogen) atoms. The minimum absolute atomic E-state index is 0.00617. The van der Waals surface area contributed by atoms with Gasteiger partial charge in [-0.1, -0.05) is 6.42 Å². The van der Waals surface area contributed by atoms with Gasteiger partial charge in [0.2, 0.25) is 11.8 Å². The van der Waals surface area contributed by atoms with E-state index in [0.717, 1.165) is 19.9 Å². The number of carboxylic acids is 1. The Balaban J connectivity index is 1.85. The molecule has 0 aromatic heterocycles. The highest BCUT2D eigenvalue weighted by atomic mass is 19.1. The Morgan fingerprint density at radius 2 is 1.97 bits per heavy atom. The van der Waals surface area contributed by atoms with Crippen molar-refractivity contribution in [1.82, 2.24) is 10.2 Å². The molecule has 2 saturated heterocycles. The van der Waals surface area contributed by atoms with Crippen LogP contribution < -0.4 is 5.32 Å². The van der Waals surface area contributed by atoms with Gasteiger partial charge in [-0.15, -0.1) is 0 Å². The Bertz CT molecular complexity index is 784. The van der Waals surface area contributed by atoms with Gasteiger partial charge in [0.25, 0.3) is 0 Å². The predicted octanol–water partition coefficient (Wildman–Crippen LogP) is -2.19. The number of nitrogens with one attached hydrogen (secondary N) is 1. The van der Waals surface area contributed by atoms with Crippen molar-refractivity contribution in [3.8, 4) is 0 Å². The number of aliphatic hydroxyl groups is 4. The molecule has 2 heterocycles. The number of halogens is 1. The first-order valence-electron chi connectivity index (χ1n) is 11.4. The SMILES string of the molecule is CC(=O)N[C@H]1[C@H]([C@H](O)[C@H](O)COC(=O)CCCCCN2CCCC2=O)OC(O)(C(=O)O)C(F)[C@@H]1O. The van der Waals surface area contributed by atoms with Gasteiger partial charge < -0.3 is 45.2 Å². The molecule has 2 rings (SSSR count). The van der Waals surface area contributed by atoms with Crippen LogP contribution in [0.2, 0.25) is 0 Å². The largest absolute Gasteiger partial charge is 0.477 e. The van der Waals surface area contributed by atoms with E-state index in [1.165, 1.54) is 0 Å². The summed E-state index contributed by atoms with van der Waals surface area (Å²) < 4.78 is 24.1. The van der Waals surface area contributed by atoms with E-state index in [9.17, 15) is 44.0 Å². The molecule has 2 aliphatic heterocycles. The summed E-state index contributed by atoms with van der Waals surface area (Å²) in [5.41, 5.74) is 0. The van der Waals surface area contributed by atoms with Crippen LogP contribution in [0.5, 0.6) is 0 Å². The fraction of sp³-hybridized carbons (Fsp3) is 0.810. The van der Waals surface area contributed by atoms with Crippen molar-refractivity contribution in [2.45, 2.75) is 87.9 Å². The Labute approximate surface area is 200 Å². The highest BCUT2D eigenvalue weighted by Crippen LogP contribution is 2.33. The average molecular weight is 508 g/mol. The van der Waals surface area contributed by atoms with E-state index in [-0.39, 0.29) is 12.3 Å². The second-order valence-electron chi connectivity index (χ2n) is 8.74. The van der Waals surface area contributed by atoms with E-state index in [0.29, 0.717) is 32.2 Å². The number of ether oxygens (including phenoxy) is 2. The Morgan fingerprint density at radius 1 is 1.29 bits per heavy atom. The number of unbranched alkanes of at least 4 members (excludes halogenated alkanes) is 2. The number of aliphatic hydroxyl groups excluding tert-OH is 3. The van der Waals surface area contributed by atoms with Crippen LogP contribution in [-0.4, -0.2) is 116 Å². The van der Waals surface area contributed by atoms with E-state index in [4.69, 9.17) is 14.6 Å². The number of carboxylic acid groups (broad SMARTS) is 1. The van der Waals surface area contributed by atoms with Gasteiger partial charge in [0.1, 0.15) is 31.0 Å². The van der Waals surface area contributed by atoms with E-state index in [1.807, 2.05) is 0 Å². The van der Waals surface area contributed by atoms with Crippen molar-refractivity contribution in [3.63, 3.8) is 0 Å². The molecular formula is C21H33FN2O11. The number of rotatable bonds is 12. The molecule has 6 N–H and O–H groups in total. The first-order chi connectivity index (χ1) is 16.4. The van der Waals surface area contributed by atoms with Crippen molar-refractivity contribution >= 4 is 23.8 Å². The van der Waals surface area contributed by atoms with Crippen LogP contribution in [0.1, 0.15) is 45.4 Å². The number of aliphatic carboxylic acids is 1. The normalized spacial score (nSPS) is 30.6. The number of carbonyl (C=O) groups is 4. The molecule has 7 atom stereocenters. The van der Waals surface area contributed by atoms with Crippen LogP contribution in [0.3, 0.4) is 0 Å². The van der Waals surface area contributed by atoms with Crippen molar-refractivity contribution < 1.29 is 58.6 Å². The van der Waals surface area contributed by atoms with Crippen LogP contribution >= 0.6 is 0 Å². The topological polar surface area (TPSA) is 203 Å². The lowest BCUT2D eigenvalue weighted by molar-refractivity contribution is -0.320. The molecule has 2 fully saturated rings. The molecule has 13 nitrogen and oxygen atoms in total. The molecule has 0 radical (unpaired) electrons. The number of hydrogen-bond donors (Lipinski definition) is 6. The lowest BCUT2D eigenvalue weighted by Gasteiger charge is -2.46. The first-order valence-corrected chi connectivity index (χ1v) is 11.4. The van der Waals surface area contributed by atoms with Crippen molar-refractivity contribution in [2.24, 2.45) is 0 Å². The lowest BCUT2D eigenvalue weighted by Crippen LogP contribution is -2.72. The Kier molecular flexibility index (Phi) is 10.3. The van der Waals surface area contributed by atoms with Gasteiger partial charge in [-0.25, -0.2) is 9.18 Å². The molecule has 2 aliphatic rings. The van der Waals surface area contributed by atoms with Crippen LogP contribution in [0.15, 0.2) is 0 Å². The molecule has 200 valence electrons. The second-order valence-corrected chi connectivity index (χ2v) is 8.74. The fourth-order valence-corrected chi connectivity index (χ4v) is 4.06. The van der Waals surface area contributed by atoms with Gasteiger partial charge in [-0.3, -0.25) is 14.4 Å². The summed E-state index contributed by atoms with van der Waals surface area (Å²) in [5, 5.41) is 52.0. The smallest absolute Gasteiger partial charge is 0.367 e. The number of likely N-dealkylation sites (tertiary alicyclic amines) is 1. The molecular weight excluding hydrogens is 475 g/mol. The standard InChI is InChI=1S/C21H33FN2O11/c1-11(25)23-15-17(30)19(22)21(33,20(31)32)35-18(15)16(29)12(26)10-34-14(28)7-3-2-4-8-24-9-5-6-13(24)27/h12,15-19,26,29-30,33H,2-10H2,1H3,(H,23,25)(H,31,32)/t12-,15-,16-,17-,18-,19?,21?/m1/s1. The molecule has 0 aliphatic carbocycles. The van der Waals surface area contributed by atoms with E-state index in [2.05, 4.69) is 5.32 Å². The average Bonchev–Trinajstić information content (AvgIpc) is 3.21. The van der Waals surface area contributed by atoms with Gasteiger partial charge in [0.15, 0.2) is 6.17 Å². The molecule has 0 bridgehead atoms. The van der Waals surface area contributed by atoms with E-state index >= 15 is 0 Å². The zero-order valence-electron chi connectivity index (χ0n) is 19.3. The third kappa shape index (κ3) is 7.30. The number of nitrogens with zero attached hydrogens (tertiary/aromatic N) is 1. The summed E-state index contributed by atoms with van der Waals surface area (Å²) in [6, 6.07) is -1.73. The molecule has 14 heteroatoms. The van der Waals surface area contributed by atoms with Gasteiger partial charge in [-0.2, -0.15) is 0 Å². The summed E-state index contributed by atoms with van der Waals surface area (Å²) in [4.78, 5) is 48.0. The highest BCUT2D eigenvalue weighted by Gasteiger charge is 2.61. The third-order valence-electron chi connectivity index (χ3n) is 6.01. The maximum absolute atomic E-state index is 14.4. The Hall–Kier alpha value is -2.39. The van der Waals surface area contributed by atoms with Crippen LogP contribution in [0.4, 0.5) is 4.39 Å². The van der Waals surface area contributed by atoms with Gasteiger partial charge in [0, 0.05) is 32.9 Å². The number of amides is 2. The number of carbonyl (C=O) groups excluding carboxylic acids is 3. The maximum atomic E-state index is 14.4. The molecule has 2 amide bonds. The summed E-state index contributed by atoms with van der Waals surface area (Å²) >= 11 is 0. The summed E-state index contributed by atoms with van der Waals surface area (Å²) in [7, 11) is 0. The van der Waals surface area contributed by atoms with Gasteiger partial charge in [0.05, 0.1) is 6.04 Å². The first kappa shape index (κ1) is 28.8. The van der Waals surface area contributed by atoms with Crippen molar-refractivity contribution in [1.29, 1.82) is 0 Å². The number of esters is 1. The van der Waals surface area contributed by atoms with E-state index < -0.39 is 66.9 Å². The quantitative estimate of drug-likeness (QED) is 0.123. The minimum Gasteiger partial charge on any atom is -0.477 e. The second kappa shape index (κ2) is 12.5. The minimum atomic E-state index is -3.56. The van der Waals surface area contributed by atoms with Crippen LogP contribution in [-0.2, 0) is 28.7 Å². The summed E-state index contributed by atoms with van der Waals surface area (Å²) in [5.74, 6) is -7.12. The highest BCUT2D eigenvalue weighted by molar-refractivity contribution is 5.78. The van der Waals surface area contributed by atoms with E-state index in [1.54, 1.807) is 4.90 Å². The van der Waals surface area contributed by atoms with Crippen molar-refractivity contribution in [3.05, 3.63) is 0 Å². The zero-order valence-corrected chi connectivity index (χ0v) is 19.3. The molecule has 0 aromatic rings.